The van der Waals surface area contributed by atoms with Crippen molar-refractivity contribution in [2.45, 2.75) is 109 Å². The summed E-state index contributed by atoms with van der Waals surface area (Å²) < 4.78 is 122. The summed E-state index contributed by atoms with van der Waals surface area (Å²) in [7, 11) is 3.64. The maximum absolute atomic E-state index is 15.3. The average molecular weight is 2960 g/mol. The largest absolute Gasteiger partial charge is 0.493 e. The van der Waals surface area contributed by atoms with Crippen molar-refractivity contribution in [1.82, 2.24) is 49.8 Å². The van der Waals surface area contributed by atoms with Gasteiger partial charge in [-0.3, -0.25) is 15.0 Å². The first-order valence-electron chi connectivity index (χ1n) is 44.9. The molecule has 0 radical (unpaired) electrons. The Kier molecular flexibility index (Phi) is 32.5. The van der Waals surface area contributed by atoms with Gasteiger partial charge >= 0.3 is 0 Å². The topological polar surface area (TPSA) is 157 Å². The summed E-state index contributed by atoms with van der Waals surface area (Å²) in [6, 6.07) is 84.1. The van der Waals surface area contributed by atoms with E-state index in [4.69, 9.17) is 24.2 Å². The van der Waals surface area contributed by atoms with E-state index in [-0.39, 0.29) is 165 Å². The second-order valence-corrected chi connectivity index (χ2v) is 35.5. The molecular formula is C115H87F7N10O3Pt6-6. The van der Waals surface area contributed by atoms with Crippen LogP contribution in [0.3, 0.4) is 0 Å². The number of alkyl halides is 7. The Morgan fingerprint density at radius 2 is 0.738 bits per heavy atom. The maximum Gasteiger partial charge on any atom is 0.282 e. The Labute approximate surface area is 899 Å². The predicted octanol–water partition coefficient (Wildman–Crippen LogP) is 27.2. The van der Waals surface area contributed by atoms with E-state index in [9.17, 15) is 26.3 Å². The minimum absolute atomic E-state index is 0. The number of hydrogen-bond donors (Lipinski definition) is 0. The summed E-state index contributed by atoms with van der Waals surface area (Å²) in [6.45, 7) is 15.7. The van der Waals surface area contributed by atoms with Gasteiger partial charge in [0.2, 0.25) is 0 Å². The number of ether oxygens (including phenoxy) is 3. The molecule has 0 N–H and O–H groups in total. The van der Waals surface area contributed by atoms with Crippen LogP contribution in [0, 0.1) is 54.2 Å². The van der Waals surface area contributed by atoms with Gasteiger partial charge in [-0.05, 0) is 238 Å². The molecule has 730 valence electrons. The summed E-state index contributed by atoms with van der Waals surface area (Å²) in [5.41, 5.74) is 13.0. The van der Waals surface area contributed by atoms with Crippen LogP contribution in [0.1, 0.15) is 146 Å². The van der Waals surface area contributed by atoms with E-state index >= 15 is 4.39 Å². The molecule has 141 heavy (non-hydrogen) atoms. The zero-order valence-electron chi connectivity index (χ0n) is 77.1. The van der Waals surface area contributed by atoms with E-state index in [1.54, 1.807) is 81.4 Å². The predicted molar refractivity (Wildman–Crippen MR) is 513 cm³/mol. The van der Waals surface area contributed by atoms with Gasteiger partial charge in [0.1, 0.15) is 17.0 Å². The number of aryl methyl sites for hydroxylation is 1. The van der Waals surface area contributed by atoms with E-state index in [1.165, 1.54) is 82.8 Å². The molecule has 9 aromatic carbocycles. The van der Waals surface area contributed by atoms with Gasteiger partial charge in [0.15, 0.2) is 0 Å². The van der Waals surface area contributed by atoms with Crippen molar-refractivity contribution in [3.8, 4) is 73.3 Å². The Bertz CT molecular complexity index is 7310. The van der Waals surface area contributed by atoms with Crippen LogP contribution >= 0.6 is 0 Å². The van der Waals surface area contributed by atoms with Crippen molar-refractivity contribution >= 4 is 64.6 Å². The number of pyridine rings is 10. The van der Waals surface area contributed by atoms with Crippen molar-refractivity contribution < 1.29 is 171 Å². The second-order valence-electron chi connectivity index (χ2n) is 35.5. The quantitative estimate of drug-likeness (QED) is 0.0842. The minimum atomic E-state index is -3.12. The molecule has 0 saturated carbocycles. The molecule has 10 heterocycles. The van der Waals surface area contributed by atoms with Crippen LogP contribution in [-0.2, 0) is 177 Å². The Morgan fingerprint density at radius 1 is 0.340 bits per heavy atom. The van der Waals surface area contributed by atoms with Crippen LogP contribution in [0.2, 0.25) is 0 Å². The van der Waals surface area contributed by atoms with E-state index in [1.807, 2.05) is 86.2 Å². The van der Waals surface area contributed by atoms with Gasteiger partial charge in [0, 0.05) is 213 Å². The van der Waals surface area contributed by atoms with E-state index < -0.39 is 34.6 Å². The molecule has 26 heteroatoms. The third kappa shape index (κ3) is 18.4. The van der Waals surface area contributed by atoms with Gasteiger partial charge in [-0.1, -0.05) is 191 Å². The summed E-state index contributed by atoms with van der Waals surface area (Å²) in [4.78, 5) is 41.9. The molecule has 0 fully saturated rings. The van der Waals surface area contributed by atoms with Crippen LogP contribution in [0.15, 0.2) is 287 Å². The molecule has 10 aromatic heterocycles. The monoisotopic (exact) mass is 2960 g/mol. The molecule has 19 aromatic rings. The Balaban J connectivity index is 0.000000136. The van der Waals surface area contributed by atoms with Gasteiger partial charge < -0.3 is 49.1 Å². The molecule has 0 amide bonds. The first-order chi connectivity index (χ1) is 65.4. The number of fused-ring (bicyclic) bond motifs is 12. The fourth-order valence-electron chi connectivity index (χ4n) is 20.0. The van der Waals surface area contributed by atoms with E-state index in [2.05, 4.69) is 203 Å². The number of nitrogens with zero attached hydrogens (tertiary/aromatic N) is 10. The molecule has 0 saturated heterocycles. The van der Waals surface area contributed by atoms with Gasteiger partial charge in [-0.2, -0.15) is 23.3 Å². The van der Waals surface area contributed by atoms with Crippen LogP contribution in [0.4, 0.5) is 30.7 Å². The average Bonchev–Trinajstić information content (AvgIpc) is 0.697. The Morgan fingerprint density at radius 3 is 1.23 bits per heavy atom. The maximum atomic E-state index is 15.3. The summed E-state index contributed by atoms with van der Waals surface area (Å²) in [5, 5.41) is 10.2. The zero-order chi connectivity index (χ0) is 93.5. The van der Waals surface area contributed by atoms with Gasteiger partial charge in [0.25, 0.3) is 17.8 Å². The Hall–Kier alpha value is -10.6. The first-order valence-corrected chi connectivity index (χ1v) is 44.9. The molecule has 4 unspecified atom stereocenters. The fourth-order valence-corrected chi connectivity index (χ4v) is 20.0. The molecule has 0 aliphatic heterocycles. The van der Waals surface area contributed by atoms with Crippen molar-refractivity contribution in [1.29, 1.82) is 0 Å². The molecule has 25 rings (SSSR count). The standard InChI is InChI=1S/C32H34NO2.C22H22NO.C17H11FN.2C15H7F2N2.C14H6F2N3.6Pt/c1-21(2)13-14-23-15-16-25(19-29(23)35-20-22(3)4)32(34-5)27-11-7-6-10-26(27)31-30-24(17-18-33-31)9-8-12-28(30)32;1-4-15(2)14-22(24-3)18-10-6-5-9-17(18)21-20-16(12-13-23-21)8-7-11-19(20)22;1-17(18)13-7-3-2-6-12(13)16-15-11(9-10-19-16)5-4-8-14(15)17;16-15(17)11-5-1-3-9-6-8-18-13(12(9)11)10-4-2-7-19-14(10)15;16-15(17)11-3-1-2-9-4-7-19-14(13(9)11)10-5-6-18-8-12(10)15;15-14(16)10-6-17-3-2-9(10)13-12-8(1-4-19-13)5-18-7-11(12)14;;;;;;/h6-9,11-12,15-19,21-22H,13-14,20H2,1-5H3;5-8,10-13,15H,4,14H2,1-3H3;2-5,7-10H,1H3;1-3,5-8H;1-4,6-8H;1,3-7H;;;;;;/q6*-1;;;;;;. The molecule has 13 nitrogen and oxygen atoms in total. The second kappa shape index (κ2) is 43.1. The minimum Gasteiger partial charge on any atom is -0.493 e. The molecule has 0 spiro atoms. The van der Waals surface area contributed by atoms with Gasteiger partial charge in [0.05, 0.1) is 12.2 Å². The number of halogens is 7. The van der Waals surface area contributed by atoms with E-state index in [0.717, 1.165) is 114 Å². The van der Waals surface area contributed by atoms with Crippen molar-refractivity contribution in [2.24, 2.45) is 17.8 Å². The first kappa shape index (κ1) is 106. The van der Waals surface area contributed by atoms with Crippen molar-refractivity contribution in [2.75, 3.05) is 20.8 Å². The summed E-state index contributed by atoms with van der Waals surface area (Å²) in [5.74, 6) is -6.68. The van der Waals surface area contributed by atoms with Gasteiger partial charge in [-0.25, -0.2) is 30.7 Å². The fraction of sp³-hybridized carbons (Fsp3) is 0.200. The molecule has 4 atom stereocenters. The number of hydrogen-bond acceptors (Lipinski definition) is 13. The third-order valence-corrected chi connectivity index (χ3v) is 26.5. The smallest absolute Gasteiger partial charge is 0.282 e. The number of benzene rings is 9. The number of aromatic nitrogens is 10. The number of methoxy groups -OCH3 is 2. The van der Waals surface area contributed by atoms with Gasteiger partial charge in [-0.15, -0.1) is 102 Å². The van der Waals surface area contributed by atoms with Crippen LogP contribution in [-0.4, -0.2) is 70.7 Å². The van der Waals surface area contributed by atoms with Crippen LogP contribution in [0.25, 0.3) is 132 Å². The van der Waals surface area contributed by atoms with Crippen molar-refractivity contribution in [3.05, 3.63) is 401 Å². The van der Waals surface area contributed by atoms with Crippen LogP contribution in [0.5, 0.6) is 5.75 Å². The SMILES string of the molecule is CC1(F)c2ccc[c-]c2-c2nccc3cccc1c23.CCC(C)CC1(OC)c2ccc[c-]c2-c2nccc3cccc1c23.COC1(c2ccc(CCC(C)C)c(OCC(C)C)c2)c2ccc[c-]c2-c2nccc3cccc1c23.FC1(F)c2cnc[c-]c2-c2nccc3cccc1c23.FC1(F)c2cnc[c-]c2-c2nccc3cncc1c23.FC1(F)c2ncc[c-]c2-c2nccc3cccc1c23.[Pt].[Pt].[Pt].[Pt].[Pt].[Pt]. The zero-order valence-corrected chi connectivity index (χ0v) is 90.8. The number of rotatable bonds is 12. The van der Waals surface area contributed by atoms with Crippen molar-refractivity contribution in [3.63, 3.8) is 0 Å². The normalized spacial score (nSPS) is 16.4. The molecule has 6 aliphatic carbocycles. The molecule has 6 aliphatic rings. The summed E-state index contributed by atoms with van der Waals surface area (Å²) >= 11 is 0. The third-order valence-electron chi connectivity index (χ3n) is 26.5. The van der Waals surface area contributed by atoms with Crippen LogP contribution < -0.4 is 4.74 Å². The molecular weight excluding hydrogens is 2870 g/mol. The summed E-state index contributed by atoms with van der Waals surface area (Å²) in [6.07, 6.45) is 23.8. The van der Waals surface area contributed by atoms with E-state index in [0.29, 0.717) is 85.2 Å². The molecule has 0 bridgehead atoms.